The van der Waals surface area contributed by atoms with E-state index < -0.39 is 0 Å². The maximum atomic E-state index is 4.54. The second kappa shape index (κ2) is 4.86. The molecule has 0 unspecified atom stereocenters. The van der Waals surface area contributed by atoms with Crippen LogP contribution < -0.4 is 0 Å². The summed E-state index contributed by atoms with van der Waals surface area (Å²) in [6, 6.07) is 0. The summed E-state index contributed by atoms with van der Waals surface area (Å²) in [5.74, 6) is 1.27. The van der Waals surface area contributed by atoms with Crippen LogP contribution in [0.4, 0.5) is 0 Å². The zero-order valence-corrected chi connectivity index (χ0v) is 10.5. The summed E-state index contributed by atoms with van der Waals surface area (Å²) in [7, 11) is 2.16. The van der Waals surface area contributed by atoms with Gasteiger partial charge in [-0.05, 0) is 26.4 Å². The molecule has 2 aromatic heterocycles. The van der Waals surface area contributed by atoms with Gasteiger partial charge in [0.1, 0.15) is 5.69 Å². The molecule has 18 heavy (non-hydrogen) atoms. The van der Waals surface area contributed by atoms with Gasteiger partial charge in [-0.15, -0.1) is 0 Å². The summed E-state index contributed by atoms with van der Waals surface area (Å²) in [4.78, 5) is 18.8. The Kier molecular flexibility index (Phi) is 3.06. The second-order valence-corrected chi connectivity index (χ2v) is 4.83. The van der Waals surface area contributed by atoms with Gasteiger partial charge in [0, 0.05) is 37.3 Å². The predicted molar refractivity (Wildman–Crippen MR) is 69.1 cm³/mol. The van der Waals surface area contributed by atoms with Gasteiger partial charge in [0.15, 0.2) is 5.82 Å². The molecule has 1 atom stereocenters. The second-order valence-electron chi connectivity index (χ2n) is 4.83. The van der Waals surface area contributed by atoms with Crippen LogP contribution in [-0.2, 0) is 0 Å². The Morgan fingerprint density at radius 2 is 2.11 bits per heavy atom. The number of piperidine rings is 1. The molecule has 2 aromatic rings. The number of nitrogens with zero attached hydrogens (tertiary/aromatic N) is 4. The maximum Gasteiger partial charge on any atom is 0.157 e. The number of likely N-dealkylation sites (N-methyl/N-ethyl adjacent to an activating group) is 1. The summed E-state index contributed by atoms with van der Waals surface area (Å²) in [5, 5.41) is 0. The van der Waals surface area contributed by atoms with Crippen molar-refractivity contribution in [2.75, 3.05) is 20.1 Å². The van der Waals surface area contributed by atoms with Crippen molar-refractivity contribution in [2.24, 2.45) is 0 Å². The van der Waals surface area contributed by atoms with E-state index in [9.17, 15) is 0 Å². The molecule has 3 heterocycles. The molecule has 0 bridgehead atoms. The summed E-state index contributed by atoms with van der Waals surface area (Å²) in [5.41, 5.74) is 1.96. The Bertz CT molecular complexity index is 508. The molecule has 0 saturated carbocycles. The lowest BCUT2D eigenvalue weighted by Gasteiger charge is -2.29. The molecule has 0 amide bonds. The first-order chi connectivity index (χ1) is 8.84. The van der Waals surface area contributed by atoms with Crippen molar-refractivity contribution in [3.63, 3.8) is 0 Å². The van der Waals surface area contributed by atoms with E-state index in [-0.39, 0.29) is 0 Å². The summed E-state index contributed by atoms with van der Waals surface area (Å²) >= 11 is 0. The SMILES string of the molecule is CN1CCC[C@H](c2nccnc2-c2ncc[nH]2)C1. The third-order valence-electron chi connectivity index (χ3n) is 3.46. The number of nitrogens with one attached hydrogen (secondary N) is 1. The van der Waals surface area contributed by atoms with Crippen molar-refractivity contribution in [1.82, 2.24) is 24.8 Å². The zero-order chi connectivity index (χ0) is 12.4. The summed E-state index contributed by atoms with van der Waals surface area (Å²) in [6.07, 6.45) is 9.47. The minimum absolute atomic E-state index is 0.456. The molecule has 1 fully saturated rings. The Hall–Kier alpha value is -1.75. The number of hydrogen-bond donors (Lipinski definition) is 1. The van der Waals surface area contributed by atoms with Crippen LogP contribution in [0.2, 0.25) is 0 Å². The van der Waals surface area contributed by atoms with E-state index in [1.165, 1.54) is 19.4 Å². The first-order valence-corrected chi connectivity index (χ1v) is 6.34. The summed E-state index contributed by atoms with van der Waals surface area (Å²) in [6.45, 7) is 2.22. The largest absolute Gasteiger partial charge is 0.343 e. The molecule has 5 nitrogen and oxygen atoms in total. The molecule has 0 aliphatic carbocycles. The van der Waals surface area contributed by atoms with E-state index in [0.29, 0.717) is 5.92 Å². The van der Waals surface area contributed by atoms with Crippen LogP contribution in [0.3, 0.4) is 0 Å². The quantitative estimate of drug-likeness (QED) is 0.871. The molecule has 1 N–H and O–H groups in total. The standard InChI is InChI=1S/C13H17N5/c1-18-8-2-3-10(9-18)11-12(15-5-4-14-11)13-16-6-7-17-13/h4-7,10H,2-3,8-9H2,1H3,(H,16,17)/t10-/m0/s1. The van der Waals surface area contributed by atoms with Gasteiger partial charge >= 0.3 is 0 Å². The van der Waals surface area contributed by atoms with E-state index in [0.717, 1.165) is 23.8 Å². The minimum Gasteiger partial charge on any atom is -0.343 e. The average Bonchev–Trinajstić information content (AvgIpc) is 2.92. The van der Waals surface area contributed by atoms with Crippen molar-refractivity contribution in [2.45, 2.75) is 18.8 Å². The van der Waals surface area contributed by atoms with Crippen LogP contribution >= 0.6 is 0 Å². The molecule has 0 radical (unpaired) electrons. The number of H-pyrrole nitrogens is 1. The molecule has 1 saturated heterocycles. The first kappa shape index (κ1) is 11.3. The van der Waals surface area contributed by atoms with Gasteiger partial charge in [-0.2, -0.15) is 0 Å². The summed E-state index contributed by atoms with van der Waals surface area (Å²) < 4.78 is 0. The van der Waals surface area contributed by atoms with Gasteiger partial charge in [0.25, 0.3) is 0 Å². The highest BCUT2D eigenvalue weighted by Crippen LogP contribution is 2.29. The van der Waals surface area contributed by atoms with Crippen molar-refractivity contribution >= 4 is 0 Å². The fraction of sp³-hybridized carbons (Fsp3) is 0.462. The van der Waals surface area contributed by atoms with E-state index >= 15 is 0 Å². The van der Waals surface area contributed by atoms with Crippen LogP contribution in [0.5, 0.6) is 0 Å². The van der Waals surface area contributed by atoms with Crippen molar-refractivity contribution in [1.29, 1.82) is 0 Å². The van der Waals surface area contributed by atoms with Gasteiger partial charge < -0.3 is 9.88 Å². The van der Waals surface area contributed by atoms with Gasteiger partial charge in [-0.1, -0.05) is 0 Å². The highest BCUT2D eigenvalue weighted by Gasteiger charge is 2.24. The lowest BCUT2D eigenvalue weighted by atomic mass is 9.93. The molecule has 3 rings (SSSR count). The van der Waals surface area contributed by atoms with E-state index in [2.05, 4.69) is 31.9 Å². The van der Waals surface area contributed by atoms with Crippen LogP contribution in [0.25, 0.3) is 11.5 Å². The van der Waals surface area contributed by atoms with Gasteiger partial charge in [0.05, 0.1) is 5.69 Å². The van der Waals surface area contributed by atoms with E-state index in [1.54, 1.807) is 18.6 Å². The Morgan fingerprint density at radius 3 is 2.89 bits per heavy atom. The number of hydrogen-bond acceptors (Lipinski definition) is 4. The molecule has 94 valence electrons. The molecule has 0 spiro atoms. The molecule has 1 aliphatic heterocycles. The number of likely N-dealkylation sites (tertiary alicyclic amines) is 1. The predicted octanol–water partition coefficient (Wildman–Crippen LogP) is 1.68. The number of aromatic amines is 1. The zero-order valence-electron chi connectivity index (χ0n) is 10.5. The molecular weight excluding hydrogens is 226 g/mol. The highest BCUT2D eigenvalue weighted by molar-refractivity contribution is 5.53. The third kappa shape index (κ3) is 2.13. The van der Waals surface area contributed by atoms with Crippen molar-refractivity contribution < 1.29 is 0 Å². The van der Waals surface area contributed by atoms with Gasteiger partial charge in [-0.25, -0.2) is 9.97 Å². The fourth-order valence-electron chi connectivity index (χ4n) is 2.61. The van der Waals surface area contributed by atoms with Crippen molar-refractivity contribution in [3.05, 3.63) is 30.5 Å². The molecule has 1 aliphatic rings. The van der Waals surface area contributed by atoms with Crippen LogP contribution in [0.15, 0.2) is 24.8 Å². The average molecular weight is 243 g/mol. The Balaban J connectivity index is 1.96. The van der Waals surface area contributed by atoms with E-state index in [4.69, 9.17) is 0 Å². The first-order valence-electron chi connectivity index (χ1n) is 6.34. The lowest BCUT2D eigenvalue weighted by molar-refractivity contribution is 0.248. The number of rotatable bonds is 2. The highest BCUT2D eigenvalue weighted by atomic mass is 15.1. The molecule has 0 aromatic carbocycles. The third-order valence-corrected chi connectivity index (χ3v) is 3.46. The maximum absolute atomic E-state index is 4.54. The van der Waals surface area contributed by atoms with Crippen LogP contribution in [-0.4, -0.2) is 45.0 Å². The fourth-order valence-corrected chi connectivity index (χ4v) is 2.61. The Morgan fingerprint density at radius 1 is 1.22 bits per heavy atom. The lowest BCUT2D eigenvalue weighted by Crippen LogP contribution is -2.31. The van der Waals surface area contributed by atoms with Gasteiger partial charge in [-0.3, -0.25) is 4.98 Å². The Labute approximate surface area is 106 Å². The number of imidazole rings is 1. The molecule has 5 heteroatoms. The smallest absolute Gasteiger partial charge is 0.157 e. The topological polar surface area (TPSA) is 57.7 Å². The monoisotopic (exact) mass is 243 g/mol. The molecular formula is C13H17N5. The van der Waals surface area contributed by atoms with Gasteiger partial charge in [0.2, 0.25) is 0 Å². The normalized spacial score (nSPS) is 21.1. The van der Waals surface area contributed by atoms with E-state index in [1.807, 2.05) is 6.20 Å². The van der Waals surface area contributed by atoms with Crippen LogP contribution in [0, 0.1) is 0 Å². The van der Waals surface area contributed by atoms with Crippen LogP contribution in [0.1, 0.15) is 24.5 Å². The number of aromatic nitrogens is 4. The van der Waals surface area contributed by atoms with Crippen molar-refractivity contribution in [3.8, 4) is 11.5 Å². The minimum atomic E-state index is 0.456.